The highest BCUT2D eigenvalue weighted by molar-refractivity contribution is 5.77. The molecule has 2 aliphatic carbocycles. The standard InChI is InChI=1S/C10H18N2O/c1-11-9(13)6-12-7-10(4-5-10)8-2-3-8/h8,12H,2-7H2,1H3,(H,11,13). The molecule has 0 heterocycles. The number of nitrogens with one attached hydrogen (secondary N) is 2. The molecule has 2 rings (SSSR count). The zero-order valence-electron chi connectivity index (χ0n) is 8.23. The van der Waals surface area contributed by atoms with Crippen molar-refractivity contribution >= 4 is 5.91 Å². The SMILES string of the molecule is CNC(=O)CNCC1(C2CC2)CC1. The van der Waals surface area contributed by atoms with Crippen molar-refractivity contribution in [2.24, 2.45) is 11.3 Å². The fraction of sp³-hybridized carbons (Fsp3) is 0.900. The van der Waals surface area contributed by atoms with E-state index < -0.39 is 0 Å². The third kappa shape index (κ3) is 2.02. The molecule has 13 heavy (non-hydrogen) atoms. The van der Waals surface area contributed by atoms with Crippen molar-refractivity contribution in [2.45, 2.75) is 25.7 Å². The molecule has 2 aliphatic rings. The molecule has 0 aliphatic heterocycles. The van der Waals surface area contributed by atoms with Crippen LogP contribution in [-0.4, -0.2) is 26.0 Å². The molecule has 0 bridgehead atoms. The Morgan fingerprint density at radius 1 is 1.46 bits per heavy atom. The van der Waals surface area contributed by atoms with E-state index in [4.69, 9.17) is 0 Å². The zero-order valence-corrected chi connectivity index (χ0v) is 8.23. The molecule has 0 saturated heterocycles. The second-order valence-electron chi connectivity index (χ2n) is 4.41. The van der Waals surface area contributed by atoms with Crippen LogP contribution in [0.4, 0.5) is 0 Å². The van der Waals surface area contributed by atoms with Gasteiger partial charge in [-0.2, -0.15) is 0 Å². The van der Waals surface area contributed by atoms with E-state index in [1.807, 2.05) is 0 Å². The summed E-state index contributed by atoms with van der Waals surface area (Å²) in [5.41, 5.74) is 0.605. The van der Waals surface area contributed by atoms with E-state index in [2.05, 4.69) is 10.6 Å². The summed E-state index contributed by atoms with van der Waals surface area (Å²) in [5.74, 6) is 1.07. The first-order valence-corrected chi connectivity index (χ1v) is 5.18. The maximum absolute atomic E-state index is 10.9. The fourth-order valence-electron chi connectivity index (χ4n) is 2.10. The van der Waals surface area contributed by atoms with Crippen LogP contribution in [0.5, 0.6) is 0 Å². The molecule has 0 spiro atoms. The van der Waals surface area contributed by atoms with Crippen LogP contribution in [0.3, 0.4) is 0 Å². The van der Waals surface area contributed by atoms with Gasteiger partial charge in [-0.3, -0.25) is 4.79 Å². The van der Waals surface area contributed by atoms with Crippen molar-refractivity contribution in [2.75, 3.05) is 20.1 Å². The Kier molecular flexibility index (Phi) is 2.28. The summed E-state index contributed by atoms with van der Waals surface area (Å²) in [5, 5.41) is 5.86. The number of hydrogen-bond acceptors (Lipinski definition) is 2. The monoisotopic (exact) mass is 182 g/mol. The maximum atomic E-state index is 10.9. The van der Waals surface area contributed by atoms with Crippen molar-refractivity contribution in [3.05, 3.63) is 0 Å². The first kappa shape index (κ1) is 9.00. The maximum Gasteiger partial charge on any atom is 0.233 e. The number of hydrogen-bond donors (Lipinski definition) is 2. The molecule has 0 atom stereocenters. The summed E-state index contributed by atoms with van der Waals surface area (Å²) < 4.78 is 0. The lowest BCUT2D eigenvalue weighted by Crippen LogP contribution is -2.35. The Morgan fingerprint density at radius 2 is 2.15 bits per heavy atom. The first-order valence-electron chi connectivity index (χ1n) is 5.18. The first-order chi connectivity index (χ1) is 6.27. The molecule has 0 aromatic heterocycles. The Labute approximate surface area is 79.3 Å². The van der Waals surface area contributed by atoms with Gasteiger partial charge in [-0.15, -0.1) is 0 Å². The van der Waals surface area contributed by atoms with Crippen molar-refractivity contribution in [3.8, 4) is 0 Å². The normalized spacial score (nSPS) is 24.1. The summed E-state index contributed by atoms with van der Waals surface area (Å²) in [6.45, 7) is 1.52. The molecule has 0 radical (unpaired) electrons. The van der Waals surface area contributed by atoms with E-state index in [0.29, 0.717) is 12.0 Å². The Bertz CT molecular complexity index is 207. The average Bonchev–Trinajstić information content (AvgIpc) is 2.96. The van der Waals surface area contributed by atoms with E-state index in [1.54, 1.807) is 7.05 Å². The van der Waals surface area contributed by atoms with Crippen molar-refractivity contribution in [1.29, 1.82) is 0 Å². The number of likely N-dealkylation sites (N-methyl/N-ethyl adjacent to an activating group) is 1. The van der Waals surface area contributed by atoms with Crippen LogP contribution >= 0.6 is 0 Å². The largest absolute Gasteiger partial charge is 0.358 e. The summed E-state index contributed by atoms with van der Waals surface area (Å²) in [7, 11) is 1.68. The summed E-state index contributed by atoms with van der Waals surface area (Å²) in [6.07, 6.45) is 5.58. The van der Waals surface area contributed by atoms with Gasteiger partial charge >= 0.3 is 0 Å². The van der Waals surface area contributed by atoms with E-state index >= 15 is 0 Å². The lowest BCUT2D eigenvalue weighted by molar-refractivity contribution is -0.119. The minimum atomic E-state index is 0.0894. The van der Waals surface area contributed by atoms with Gasteiger partial charge in [0.15, 0.2) is 0 Å². The third-order valence-electron chi connectivity index (χ3n) is 3.38. The highest BCUT2D eigenvalue weighted by Gasteiger charge is 2.53. The predicted molar refractivity (Wildman–Crippen MR) is 51.3 cm³/mol. The molecule has 2 saturated carbocycles. The third-order valence-corrected chi connectivity index (χ3v) is 3.38. The molecule has 1 amide bonds. The van der Waals surface area contributed by atoms with Gasteiger partial charge in [-0.25, -0.2) is 0 Å². The molecule has 74 valence electrons. The number of rotatable bonds is 5. The second kappa shape index (κ2) is 3.29. The lowest BCUT2D eigenvalue weighted by atomic mass is 10.0. The molecule has 3 heteroatoms. The minimum absolute atomic E-state index is 0.0894. The van der Waals surface area contributed by atoms with Crippen LogP contribution < -0.4 is 10.6 Å². The van der Waals surface area contributed by atoms with E-state index in [-0.39, 0.29) is 5.91 Å². The second-order valence-corrected chi connectivity index (χ2v) is 4.41. The van der Waals surface area contributed by atoms with Gasteiger partial charge in [0.05, 0.1) is 6.54 Å². The van der Waals surface area contributed by atoms with Gasteiger partial charge < -0.3 is 10.6 Å². The van der Waals surface area contributed by atoms with E-state index in [9.17, 15) is 4.79 Å². The summed E-state index contributed by atoms with van der Waals surface area (Å²) >= 11 is 0. The highest BCUT2D eigenvalue weighted by atomic mass is 16.1. The lowest BCUT2D eigenvalue weighted by Gasteiger charge is -2.14. The molecule has 3 nitrogen and oxygen atoms in total. The quantitative estimate of drug-likeness (QED) is 0.650. The van der Waals surface area contributed by atoms with Gasteiger partial charge in [0, 0.05) is 13.6 Å². The number of carbonyl (C=O) groups excluding carboxylic acids is 1. The smallest absolute Gasteiger partial charge is 0.233 e. The average molecular weight is 182 g/mol. The fourth-order valence-corrected chi connectivity index (χ4v) is 2.10. The van der Waals surface area contributed by atoms with Gasteiger partial charge in [0.2, 0.25) is 5.91 Å². The number of amides is 1. The molecule has 0 aromatic carbocycles. The topological polar surface area (TPSA) is 41.1 Å². The highest BCUT2D eigenvalue weighted by Crippen LogP contribution is 2.60. The molecular weight excluding hydrogens is 164 g/mol. The van der Waals surface area contributed by atoms with Crippen molar-refractivity contribution in [1.82, 2.24) is 10.6 Å². The van der Waals surface area contributed by atoms with Gasteiger partial charge in [0.25, 0.3) is 0 Å². The molecule has 0 aromatic rings. The van der Waals surface area contributed by atoms with Crippen LogP contribution in [0.25, 0.3) is 0 Å². The van der Waals surface area contributed by atoms with Crippen LogP contribution in [0.2, 0.25) is 0 Å². The minimum Gasteiger partial charge on any atom is -0.358 e. The summed E-state index contributed by atoms with van der Waals surface area (Å²) in [4.78, 5) is 10.9. The number of carbonyl (C=O) groups is 1. The van der Waals surface area contributed by atoms with E-state index in [1.165, 1.54) is 25.7 Å². The molecule has 0 unspecified atom stereocenters. The Balaban J connectivity index is 1.65. The van der Waals surface area contributed by atoms with Gasteiger partial charge in [0.1, 0.15) is 0 Å². The summed E-state index contributed by atoms with van der Waals surface area (Å²) in [6, 6.07) is 0. The molecular formula is C10H18N2O. The Morgan fingerprint density at radius 3 is 2.62 bits per heavy atom. The zero-order chi connectivity index (χ0) is 9.31. The van der Waals surface area contributed by atoms with Crippen LogP contribution in [-0.2, 0) is 4.79 Å². The van der Waals surface area contributed by atoms with Gasteiger partial charge in [-0.1, -0.05) is 0 Å². The Hall–Kier alpha value is -0.570. The predicted octanol–water partition coefficient (Wildman–Crippen LogP) is 0.512. The van der Waals surface area contributed by atoms with Crippen molar-refractivity contribution in [3.63, 3.8) is 0 Å². The molecule has 2 fully saturated rings. The molecule has 2 N–H and O–H groups in total. The van der Waals surface area contributed by atoms with Crippen LogP contribution in [0.15, 0.2) is 0 Å². The van der Waals surface area contributed by atoms with Crippen molar-refractivity contribution < 1.29 is 4.79 Å². The van der Waals surface area contributed by atoms with Crippen LogP contribution in [0.1, 0.15) is 25.7 Å². The van der Waals surface area contributed by atoms with Gasteiger partial charge in [-0.05, 0) is 37.0 Å². The van der Waals surface area contributed by atoms with Crippen LogP contribution in [0, 0.1) is 11.3 Å². The van der Waals surface area contributed by atoms with E-state index in [0.717, 1.165) is 12.5 Å².